The monoisotopic (exact) mass is 507 g/mol. The molecule has 1 amide bonds. The van der Waals surface area contributed by atoms with Crippen LogP contribution in [0.3, 0.4) is 0 Å². The van der Waals surface area contributed by atoms with Crippen molar-refractivity contribution in [2.45, 2.75) is 30.9 Å². The van der Waals surface area contributed by atoms with Crippen LogP contribution < -0.4 is 20.1 Å². The highest BCUT2D eigenvalue weighted by Crippen LogP contribution is 2.37. The van der Waals surface area contributed by atoms with Gasteiger partial charge in [0.1, 0.15) is 5.75 Å². The summed E-state index contributed by atoms with van der Waals surface area (Å²) in [5.74, 6) is -0.659. The van der Waals surface area contributed by atoms with Crippen molar-refractivity contribution in [1.82, 2.24) is 9.88 Å². The van der Waals surface area contributed by atoms with Gasteiger partial charge < -0.3 is 14.5 Å². The molecule has 0 unspecified atom stereocenters. The second-order valence-electron chi connectivity index (χ2n) is 8.38. The molecule has 2 heterocycles. The number of aryl methyl sites for hydroxylation is 1. The van der Waals surface area contributed by atoms with E-state index in [0.717, 1.165) is 5.56 Å². The summed E-state index contributed by atoms with van der Waals surface area (Å²) in [6.45, 7) is 2.39. The third-order valence-electron chi connectivity index (χ3n) is 6.13. The lowest BCUT2D eigenvalue weighted by Gasteiger charge is -2.34. The number of ether oxygens (including phenoxy) is 1. The van der Waals surface area contributed by atoms with E-state index >= 15 is 0 Å². The number of nitrogens with one attached hydrogen (secondary N) is 1. The van der Waals surface area contributed by atoms with Crippen molar-refractivity contribution >= 4 is 32.7 Å². The van der Waals surface area contributed by atoms with Crippen LogP contribution in [0.1, 0.15) is 12.5 Å². The number of rotatable bonds is 7. The molecule has 36 heavy (non-hydrogen) atoms. The lowest BCUT2D eigenvalue weighted by atomic mass is 10.1. The SMILES string of the molecule is CCn1c(=O)oc2cc(S(=O)(=O)N3C[C@H](C(=O)NCCc4ccccc4)Oc4ccccc43)ccc21. The zero-order valence-corrected chi connectivity index (χ0v) is 20.4. The Morgan fingerprint density at radius 2 is 1.81 bits per heavy atom. The summed E-state index contributed by atoms with van der Waals surface area (Å²) in [4.78, 5) is 25.0. The molecule has 0 spiro atoms. The van der Waals surface area contributed by atoms with Crippen LogP contribution >= 0.6 is 0 Å². The van der Waals surface area contributed by atoms with E-state index in [-0.39, 0.29) is 17.0 Å². The normalized spacial score (nSPS) is 15.4. The van der Waals surface area contributed by atoms with Gasteiger partial charge in [-0.25, -0.2) is 13.2 Å². The Labute approximate surface area is 208 Å². The Morgan fingerprint density at radius 3 is 2.58 bits per heavy atom. The van der Waals surface area contributed by atoms with Gasteiger partial charge in [-0.2, -0.15) is 0 Å². The number of hydrogen-bond acceptors (Lipinski definition) is 6. The molecule has 3 aromatic carbocycles. The molecule has 9 nitrogen and oxygen atoms in total. The second-order valence-corrected chi connectivity index (χ2v) is 10.2. The molecule has 4 aromatic rings. The number of carbonyl (C=O) groups excluding carboxylic acids is 1. The van der Waals surface area contributed by atoms with Gasteiger partial charge in [0.15, 0.2) is 11.7 Å². The van der Waals surface area contributed by atoms with E-state index in [4.69, 9.17) is 9.15 Å². The number of hydrogen-bond donors (Lipinski definition) is 1. The number of para-hydroxylation sites is 2. The van der Waals surface area contributed by atoms with Crippen molar-refractivity contribution in [3.05, 3.63) is 88.9 Å². The van der Waals surface area contributed by atoms with Crippen molar-refractivity contribution in [2.75, 3.05) is 17.4 Å². The van der Waals surface area contributed by atoms with Crippen molar-refractivity contribution in [3.8, 4) is 5.75 Å². The van der Waals surface area contributed by atoms with Gasteiger partial charge in [0, 0.05) is 19.2 Å². The van der Waals surface area contributed by atoms with Crippen molar-refractivity contribution in [1.29, 1.82) is 0 Å². The van der Waals surface area contributed by atoms with Gasteiger partial charge in [-0.3, -0.25) is 13.7 Å². The zero-order valence-electron chi connectivity index (χ0n) is 19.6. The smallest absolute Gasteiger partial charge is 0.419 e. The minimum absolute atomic E-state index is 0.0491. The topological polar surface area (TPSA) is 111 Å². The molecule has 1 N–H and O–H groups in total. The van der Waals surface area contributed by atoms with Gasteiger partial charge in [0.05, 0.1) is 22.6 Å². The number of fused-ring (bicyclic) bond motifs is 2. The fourth-order valence-electron chi connectivity index (χ4n) is 4.29. The zero-order chi connectivity index (χ0) is 25.3. The highest BCUT2D eigenvalue weighted by molar-refractivity contribution is 7.92. The summed E-state index contributed by atoms with van der Waals surface area (Å²) < 4.78 is 41.2. The molecule has 1 atom stereocenters. The molecule has 10 heteroatoms. The molecule has 0 bridgehead atoms. The lowest BCUT2D eigenvalue weighted by Crippen LogP contribution is -2.51. The number of oxazole rings is 1. The minimum atomic E-state index is -4.11. The first-order chi connectivity index (χ1) is 17.4. The average molecular weight is 508 g/mol. The molecular weight excluding hydrogens is 482 g/mol. The first-order valence-electron chi connectivity index (χ1n) is 11.6. The summed E-state index contributed by atoms with van der Waals surface area (Å²) in [5, 5.41) is 2.85. The lowest BCUT2D eigenvalue weighted by molar-refractivity contribution is -0.127. The highest BCUT2D eigenvalue weighted by Gasteiger charge is 2.37. The number of nitrogens with zero attached hydrogens (tertiary/aromatic N) is 2. The van der Waals surface area contributed by atoms with Crippen molar-refractivity contribution in [2.24, 2.45) is 0 Å². The maximum atomic E-state index is 13.7. The van der Waals surface area contributed by atoms with Gasteiger partial charge in [-0.15, -0.1) is 0 Å². The van der Waals surface area contributed by atoms with Crippen LogP contribution in [-0.4, -0.2) is 38.1 Å². The average Bonchev–Trinajstić information content (AvgIpc) is 3.22. The Morgan fingerprint density at radius 1 is 1.06 bits per heavy atom. The maximum Gasteiger partial charge on any atom is 0.419 e. The summed E-state index contributed by atoms with van der Waals surface area (Å²) in [5.41, 5.74) is 2.11. The molecule has 186 valence electrons. The number of sulfonamides is 1. The fraction of sp³-hybridized carbons (Fsp3) is 0.231. The maximum absolute atomic E-state index is 13.7. The largest absolute Gasteiger partial charge is 0.476 e. The molecule has 1 aromatic heterocycles. The van der Waals surface area contributed by atoms with Crippen molar-refractivity contribution in [3.63, 3.8) is 0 Å². The molecule has 5 rings (SSSR count). The van der Waals surface area contributed by atoms with Gasteiger partial charge in [-0.05, 0) is 43.2 Å². The molecule has 0 fully saturated rings. The highest BCUT2D eigenvalue weighted by atomic mass is 32.2. The van der Waals surface area contributed by atoms with Crippen molar-refractivity contribution < 1.29 is 22.4 Å². The standard InChI is InChI=1S/C26H25N3O6S/c1-2-28-20-13-12-19(16-23(20)35-26(28)31)36(32,33)29-17-24(34-22-11-7-6-10-21(22)29)25(30)27-15-14-18-8-4-3-5-9-18/h3-13,16,24H,2,14-15,17H2,1H3,(H,27,30)/t24-/m1/s1. The van der Waals surface area contributed by atoms with Crippen LogP contribution in [0.5, 0.6) is 5.75 Å². The Bertz CT molecular complexity index is 1580. The number of anilines is 1. The van der Waals surface area contributed by atoms with Gasteiger partial charge in [-0.1, -0.05) is 42.5 Å². The molecule has 1 aliphatic rings. The van der Waals surface area contributed by atoms with E-state index in [1.165, 1.54) is 21.0 Å². The first-order valence-corrected chi connectivity index (χ1v) is 13.1. The van der Waals surface area contributed by atoms with Gasteiger partial charge in [0.2, 0.25) is 0 Å². The molecule has 0 saturated heterocycles. The van der Waals surface area contributed by atoms with E-state index < -0.39 is 27.8 Å². The predicted octanol–water partition coefficient (Wildman–Crippen LogP) is 2.93. The van der Waals surface area contributed by atoms with Crippen LogP contribution in [0.2, 0.25) is 0 Å². The Balaban J connectivity index is 1.42. The van der Waals surface area contributed by atoms with Gasteiger partial charge >= 0.3 is 5.76 Å². The third kappa shape index (κ3) is 4.35. The third-order valence-corrected chi connectivity index (χ3v) is 7.90. The molecule has 0 saturated carbocycles. The number of amides is 1. The molecule has 1 aliphatic heterocycles. The van der Waals surface area contributed by atoms with E-state index in [0.29, 0.717) is 36.5 Å². The van der Waals surface area contributed by atoms with E-state index in [1.54, 1.807) is 37.3 Å². The van der Waals surface area contributed by atoms with Crippen LogP contribution in [0.4, 0.5) is 5.69 Å². The summed E-state index contributed by atoms with van der Waals surface area (Å²) in [7, 11) is -4.11. The number of benzene rings is 3. The molecule has 0 radical (unpaired) electrons. The van der Waals surface area contributed by atoms with Crippen LogP contribution in [0.25, 0.3) is 11.1 Å². The molecular formula is C26H25N3O6S. The van der Waals surface area contributed by atoms with Crippen LogP contribution in [0, 0.1) is 0 Å². The quantitative estimate of drug-likeness (QED) is 0.412. The van der Waals surface area contributed by atoms with Crippen LogP contribution in [0.15, 0.2) is 86.9 Å². The Hall–Kier alpha value is -4.05. The first kappa shape index (κ1) is 23.7. The number of aromatic nitrogens is 1. The summed E-state index contributed by atoms with van der Waals surface area (Å²) in [6, 6.07) is 20.7. The van der Waals surface area contributed by atoms with E-state index in [9.17, 15) is 18.0 Å². The van der Waals surface area contributed by atoms with Gasteiger partial charge in [0.25, 0.3) is 15.9 Å². The van der Waals surface area contributed by atoms with E-state index in [1.807, 2.05) is 30.3 Å². The summed E-state index contributed by atoms with van der Waals surface area (Å²) in [6.07, 6.45) is -0.395. The molecule has 0 aliphatic carbocycles. The second kappa shape index (κ2) is 9.54. The van der Waals surface area contributed by atoms with Crippen LogP contribution in [-0.2, 0) is 27.8 Å². The predicted molar refractivity (Wildman–Crippen MR) is 135 cm³/mol. The minimum Gasteiger partial charge on any atom is -0.476 e. The fourth-order valence-corrected chi connectivity index (χ4v) is 5.78. The van der Waals surface area contributed by atoms with E-state index in [2.05, 4.69) is 5.32 Å². The number of carbonyl (C=O) groups is 1. The Kier molecular flexibility index (Phi) is 6.27. The summed E-state index contributed by atoms with van der Waals surface area (Å²) >= 11 is 0.